The Bertz CT molecular complexity index is 961. The van der Waals surface area contributed by atoms with Crippen molar-refractivity contribution in [3.8, 4) is 0 Å². The monoisotopic (exact) mass is 558 g/mol. The summed E-state index contributed by atoms with van der Waals surface area (Å²) >= 11 is 0. The molecule has 1 aliphatic heterocycles. The van der Waals surface area contributed by atoms with Crippen molar-refractivity contribution < 1.29 is 29.0 Å². The molecule has 1 heterocycles. The summed E-state index contributed by atoms with van der Waals surface area (Å²) in [5.41, 5.74) is 3.35. The number of urea groups is 1. The maximum atomic E-state index is 13.0. The van der Waals surface area contributed by atoms with Gasteiger partial charge in [-0.05, 0) is 43.4 Å². The van der Waals surface area contributed by atoms with Crippen molar-refractivity contribution in [1.82, 2.24) is 10.2 Å². The quantitative estimate of drug-likeness (QED) is 0.127. The SMILES string of the molecule is CCCCCCCCCCCCCCCc1cccc(CO)c1C1C(COC=O)=C(C)NC(=O)N1C(=O)OCC. The zero-order chi connectivity index (χ0) is 29.2. The molecule has 0 saturated heterocycles. The Labute approximate surface area is 240 Å². The van der Waals surface area contributed by atoms with E-state index in [9.17, 15) is 19.5 Å². The lowest BCUT2D eigenvalue weighted by atomic mass is 9.86. The Morgan fingerprint density at radius 1 is 0.950 bits per heavy atom. The predicted molar refractivity (Wildman–Crippen MR) is 157 cm³/mol. The third-order valence-electron chi connectivity index (χ3n) is 7.63. The van der Waals surface area contributed by atoms with Gasteiger partial charge < -0.3 is 19.9 Å². The Morgan fingerprint density at radius 3 is 2.08 bits per heavy atom. The first-order chi connectivity index (χ1) is 19.5. The molecule has 2 N–H and O–H groups in total. The van der Waals surface area contributed by atoms with Crippen LogP contribution < -0.4 is 5.32 Å². The zero-order valence-electron chi connectivity index (χ0n) is 24.8. The molecule has 0 bridgehead atoms. The number of aliphatic hydroxyl groups is 1. The second-order valence-electron chi connectivity index (χ2n) is 10.6. The lowest BCUT2D eigenvalue weighted by Crippen LogP contribution is -2.51. The molecule has 0 aliphatic carbocycles. The van der Waals surface area contributed by atoms with Crippen LogP contribution in [0.25, 0.3) is 0 Å². The third kappa shape index (κ3) is 10.3. The van der Waals surface area contributed by atoms with Crippen LogP contribution in [0.5, 0.6) is 0 Å². The minimum atomic E-state index is -0.854. The smallest absolute Gasteiger partial charge is 0.418 e. The molecule has 0 radical (unpaired) electrons. The summed E-state index contributed by atoms with van der Waals surface area (Å²) < 4.78 is 10.3. The van der Waals surface area contributed by atoms with Crippen molar-refractivity contribution in [3.63, 3.8) is 0 Å². The standard InChI is InChI=1S/C32H50N2O6/c1-4-6-7-8-9-10-11-12-13-14-15-16-17-19-26-20-18-21-27(22-35)29(26)30-28(23-39-24-36)25(3)33-31(37)34(30)32(38)40-5-2/h18,20-21,24,30,35H,4-17,19,22-23H2,1-3H3,(H,33,37). The van der Waals surface area contributed by atoms with Crippen LogP contribution in [0.2, 0.25) is 0 Å². The van der Waals surface area contributed by atoms with E-state index in [0.717, 1.165) is 29.7 Å². The van der Waals surface area contributed by atoms with Gasteiger partial charge in [0.1, 0.15) is 6.61 Å². The fourth-order valence-electron chi connectivity index (χ4n) is 5.48. The van der Waals surface area contributed by atoms with E-state index in [4.69, 9.17) is 9.47 Å². The van der Waals surface area contributed by atoms with E-state index in [1.807, 2.05) is 12.1 Å². The summed E-state index contributed by atoms with van der Waals surface area (Å²) in [4.78, 5) is 38.1. The number of amides is 3. The van der Waals surface area contributed by atoms with Gasteiger partial charge in [-0.2, -0.15) is 0 Å². The number of unbranched alkanes of at least 4 members (excludes halogenated alkanes) is 12. The van der Waals surface area contributed by atoms with Gasteiger partial charge in [0.25, 0.3) is 6.47 Å². The molecule has 1 aromatic carbocycles. The van der Waals surface area contributed by atoms with E-state index in [-0.39, 0.29) is 19.8 Å². The van der Waals surface area contributed by atoms with E-state index < -0.39 is 18.2 Å². The summed E-state index contributed by atoms with van der Waals surface area (Å²) in [5.74, 6) is 0. The molecular weight excluding hydrogens is 508 g/mol. The minimum Gasteiger partial charge on any atom is -0.463 e. The van der Waals surface area contributed by atoms with E-state index in [1.165, 1.54) is 70.6 Å². The lowest BCUT2D eigenvalue weighted by molar-refractivity contribution is -0.128. The number of hydrogen-bond acceptors (Lipinski definition) is 6. The highest BCUT2D eigenvalue weighted by atomic mass is 16.6. The molecule has 0 fully saturated rings. The molecule has 0 spiro atoms. The lowest BCUT2D eigenvalue weighted by Gasteiger charge is -2.38. The summed E-state index contributed by atoms with van der Waals surface area (Å²) in [5, 5.41) is 12.9. The summed E-state index contributed by atoms with van der Waals surface area (Å²) in [6.45, 7) is 5.73. The molecule has 2 rings (SSSR count). The first-order valence-corrected chi connectivity index (χ1v) is 15.2. The molecule has 0 aromatic heterocycles. The number of allylic oxidation sites excluding steroid dienone is 1. The number of ether oxygens (including phenoxy) is 2. The van der Waals surface area contributed by atoms with Gasteiger partial charge in [0, 0.05) is 11.3 Å². The Balaban J connectivity index is 2.07. The Hall–Kier alpha value is -2.87. The topological polar surface area (TPSA) is 105 Å². The van der Waals surface area contributed by atoms with Crippen LogP contribution in [-0.4, -0.2) is 41.8 Å². The highest BCUT2D eigenvalue weighted by Gasteiger charge is 2.41. The maximum Gasteiger partial charge on any atom is 0.418 e. The largest absolute Gasteiger partial charge is 0.463 e. The number of nitrogens with one attached hydrogen (secondary N) is 1. The number of nitrogens with zero attached hydrogens (tertiary/aromatic N) is 1. The number of rotatable bonds is 20. The van der Waals surface area contributed by atoms with Crippen molar-refractivity contribution in [3.05, 3.63) is 46.2 Å². The molecule has 8 heteroatoms. The van der Waals surface area contributed by atoms with Crippen LogP contribution in [0.15, 0.2) is 29.5 Å². The van der Waals surface area contributed by atoms with Crippen LogP contribution >= 0.6 is 0 Å². The van der Waals surface area contributed by atoms with E-state index >= 15 is 0 Å². The average molecular weight is 559 g/mol. The fraction of sp³-hybridized carbons (Fsp3) is 0.656. The van der Waals surface area contributed by atoms with Gasteiger partial charge in [0.05, 0.1) is 19.3 Å². The van der Waals surface area contributed by atoms with Gasteiger partial charge in [-0.25, -0.2) is 14.5 Å². The van der Waals surface area contributed by atoms with Crippen molar-refractivity contribution >= 4 is 18.6 Å². The third-order valence-corrected chi connectivity index (χ3v) is 7.63. The van der Waals surface area contributed by atoms with Crippen LogP contribution in [0, 0.1) is 0 Å². The summed E-state index contributed by atoms with van der Waals surface area (Å²) in [6.07, 6.45) is 16.4. The van der Waals surface area contributed by atoms with Gasteiger partial charge >= 0.3 is 12.1 Å². The van der Waals surface area contributed by atoms with Gasteiger partial charge in [-0.3, -0.25) is 4.79 Å². The normalized spacial score (nSPS) is 15.2. The van der Waals surface area contributed by atoms with Crippen LogP contribution in [0.1, 0.15) is 127 Å². The minimum absolute atomic E-state index is 0.103. The molecule has 40 heavy (non-hydrogen) atoms. The molecule has 8 nitrogen and oxygen atoms in total. The van der Waals surface area contributed by atoms with Crippen molar-refractivity contribution in [2.45, 2.75) is 123 Å². The first kappa shape index (κ1) is 33.3. The molecule has 1 aromatic rings. The average Bonchev–Trinajstić information content (AvgIpc) is 2.94. The number of benzene rings is 1. The van der Waals surface area contributed by atoms with Crippen LogP contribution in [0.3, 0.4) is 0 Å². The van der Waals surface area contributed by atoms with Crippen molar-refractivity contribution in [1.29, 1.82) is 0 Å². The summed E-state index contributed by atoms with van der Waals surface area (Å²) in [7, 11) is 0. The molecule has 1 aliphatic rings. The second-order valence-corrected chi connectivity index (χ2v) is 10.6. The molecular formula is C32H50N2O6. The maximum absolute atomic E-state index is 13.0. The van der Waals surface area contributed by atoms with Gasteiger partial charge in [0.15, 0.2) is 0 Å². The highest BCUT2D eigenvalue weighted by molar-refractivity contribution is 5.94. The fourth-order valence-corrected chi connectivity index (χ4v) is 5.48. The van der Waals surface area contributed by atoms with Gasteiger partial charge in [-0.1, -0.05) is 102 Å². The van der Waals surface area contributed by atoms with Crippen molar-refractivity contribution in [2.24, 2.45) is 0 Å². The summed E-state index contributed by atoms with van der Waals surface area (Å²) in [6, 6.07) is 4.20. The van der Waals surface area contributed by atoms with E-state index in [0.29, 0.717) is 28.9 Å². The van der Waals surface area contributed by atoms with Crippen molar-refractivity contribution in [2.75, 3.05) is 13.2 Å². The second kappa shape index (κ2) is 19.2. The van der Waals surface area contributed by atoms with E-state index in [1.54, 1.807) is 19.9 Å². The highest BCUT2D eigenvalue weighted by Crippen LogP contribution is 2.38. The molecule has 224 valence electrons. The molecule has 1 unspecified atom stereocenters. The Morgan fingerprint density at radius 2 is 1.52 bits per heavy atom. The van der Waals surface area contributed by atoms with Gasteiger partial charge in [0.2, 0.25) is 0 Å². The van der Waals surface area contributed by atoms with E-state index in [2.05, 4.69) is 12.2 Å². The first-order valence-electron chi connectivity index (χ1n) is 15.2. The molecule has 3 amide bonds. The Kier molecular flexibility index (Phi) is 16.0. The number of aryl methyl sites for hydroxylation is 1. The molecule has 1 atom stereocenters. The van der Waals surface area contributed by atoms with Crippen LogP contribution in [-0.2, 0) is 27.3 Å². The van der Waals surface area contributed by atoms with Crippen LogP contribution in [0.4, 0.5) is 9.59 Å². The number of carbonyl (C=O) groups excluding carboxylic acids is 3. The zero-order valence-corrected chi connectivity index (χ0v) is 24.8. The number of aliphatic hydroxyl groups excluding tert-OH is 1. The number of imide groups is 1. The number of hydrogen-bond donors (Lipinski definition) is 2. The number of carbonyl (C=O) groups is 3. The predicted octanol–water partition coefficient (Wildman–Crippen LogP) is 7.48. The van der Waals surface area contributed by atoms with Gasteiger partial charge in [-0.15, -0.1) is 0 Å². The molecule has 0 saturated carbocycles.